The number of aliphatic hydroxyl groups excluding tert-OH is 5. The van der Waals surface area contributed by atoms with Crippen molar-refractivity contribution in [1.29, 1.82) is 0 Å². The second-order valence-corrected chi connectivity index (χ2v) is 10.1. The third-order valence-corrected chi connectivity index (χ3v) is 8.65. The number of ether oxygens (including phenoxy) is 3. The van der Waals surface area contributed by atoms with E-state index < -0.39 is 60.5 Å². The maximum Gasteiger partial charge on any atom is 0.186 e. The molecule has 0 amide bonds. The highest BCUT2D eigenvalue weighted by atomic mass is 16.7. The SMILES string of the molecule is CC(C)[C@@]1(O)C2COC1[C@@H](O)[C@]1(C)C2CC[C@H]1COC1OC(CO)C(O)C(O)C1O.O. The Hall–Kier alpha value is -0.400. The average Bonchev–Trinajstić information content (AvgIpc) is 3.20. The molecule has 12 atom stereocenters. The Morgan fingerprint density at radius 2 is 1.71 bits per heavy atom. The summed E-state index contributed by atoms with van der Waals surface area (Å²) in [6, 6.07) is 0. The van der Waals surface area contributed by atoms with E-state index in [9.17, 15) is 30.6 Å². The minimum atomic E-state index is -1.49. The van der Waals surface area contributed by atoms with Crippen LogP contribution in [0.2, 0.25) is 0 Å². The van der Waals surface area contributed by atoms with Gasteiger partial charge < -0.3 is 50.3 Å². The Kier molecular flexibility index (Phi) is 7.12. The molecule has 4 fully saturated rings. The Labute approximate surface area is 182 Å². The fraction of sp³-hybridized carbons (Fsp3) is 1.00. The Balaban J connectivity index is 0.00000272. The fourth-order valence-corrected chi connectivity index (χ4v) is 6.63. The van der Waals surface area contributed by atoms with Crippen LogP contribution in [0.4, 0.5) is 0 Å². The molecule has 10 nitrogen and oxygen atoms in total. The lowest BCUT2D eigenvalue weighted by Crippen LogP contribution is -2.66. The van der Waals surface area contributed by atoms with Gasteiger partial charge in [0.15, 0.2) is 6.29 Å². The Morgan fingerprint density at radius 3 is 2.32 bits per heavy atom. The van der Waals surface area contributed by atoms with Crippen LogP contribution in [0.25, 0.3) is 0 Å². The van der Waals surface area contributed by atoms with E-state index in [4.69, 9.17) is 14.2 Å². The van der Waals surface area contributed by atoms with Gasteiger partial charge in [-0.2, -0.15) is 0 Å². The summed E-state index contributed by atoms with van der Waals surface area (Å²) < 4.78 is 17.1. The zero-order valence-electron chi connectivity index (χ0n) is 18.3. The smallest absolute Gasteiger partial charge is 0.186 e. The predicted molar refractivity (Wildman–Crippen MR) is 107 cm³/mol. The highest BCUT2D eigenvalue weighted by Gasteiger charge is 2.70. The normalized spacial score (nSPS) is 54.0. The molecule has 0 aromatic carbocycles. The number of fused-ring (bicyclic) bond motifs is 4. The van der Waals surface area contributed by atoms with Gasteiger partial charge in [0.05, 0.1) is 25.9 Å². The molecular weight excluding hydrogens is 412 g/mol. The van der Waals surface area contributed by atoms with Crippen molar-refractivity contribution in [3.05, 3.63) is 0 Å². The molecule has 2 heterocycles. The van der Waals surface area contributed by atoms with Crippen molar-refractivity contribution in [3.8, 4) is 0 Å². The largest absolute Gasteiger partial charge is 0.412 e. The molecule has 8 N–H and O–H groups in total. The van der Waals surface area contributed by atoms with Crippen molar-refractivity contribution in [2.24, 2.45) is 29.1 Å². The first-order chi connectivity index (χ1) is 14.1. The fourth-order valence-electron chi connectivity index (χ4n) is 6.63. The number of rotatable bonds is 5. The number of aliphatic hydroxyl groups is 6. The van der Waals surface area contributed by atoms with Crippen molar-refractivity contribution >= 4 is 0 Å². The molecule has 0 aromatic heterocycles. The van der Waals surface area contributed by atoms with E-state index in [1.54, 1.807) is 0 Å². The lowest BCUT2D eigenvalue weighted by molar-refractivity contribution is -0.306. The van der Waals surface area contributed by atoms with Crippen LogP contribution < -0.4 is 0 Å². The highest BCUT2D eigenvalue weighted by Crippen LogP contribution is 2.64. The molecule has 2 aliphatic carbocycles. The predicted octanol–water partition coefficient (Wildman–Crippen LogP) is -2.21. The zero-order chi connectivity index (χ0) is 22.0. The van der Waals surface area contributed by atoms with Crippen molar-refractivity contribution in [3.63, 3.8) is 0 Å². The van der Waals surface area contributed by atoms with E-state index in [1.807, 2.05) is 20.8 Å². The third-order valence-electron chi connectivity index (χ3n) is 8.65. The van der Waals surface area contributed by atoms with Crippen LogP contribution in [0, 0.1) is 29.1 Å². The van der Waals surface area contributed by atoms with E-state index >= 15 is 0 Å². The van der Waals surface area contributed by atoms with Crippen LogP contribution >= 0.6 is 0 Å². The molecule has 0 radical (unpaired) electrons. The first kappa shape index (κ1) is 25.2. The van der Waals surface area contributed by atoms with Gasteiger partial charge in [0.1, 0.15) is 36.1 Å². The van der Waals surface area contributed by atoms with Gasteiger partial charge in [0.25, 0.3) is 0 Å². The standard InChI is InChI=1S/C21H36O9.H2O/c1-9(2)21(27)12-8-28-18(21)17(26)20(3)10(4-5-11(12)20)7-29-19-16(25)15(24)14(23)13(6-22)30-19;/h9-19,22-27H,4-8H2,1-3H3;1H2/t10-,11?,12?,13?,14?,15?,16?,17+,18?,19?,20-,21+;/m0./s1. The first-order valence-corrected chi connectivity index (χ1v) is 11.0. The lowest BCUT2D eigenvalue weighted by atomic mass is 9.53. The van der Waals surface area contributed by atoms with Gasteiger partial charge in [-0.25, -0.2) is 0 Å². The second-order valence-electron chi connectivity index (χ2n) is 10.1. The number of hydrogen-bond acceptors (Lipinski definition) is 9. The molecule has 0 spiro atoms. The lowest BCUT2D eigenvalue weighted by Gasteiger charge is -2.55. The summed E-state index contributed by atoms with van der Waals surface area (Å²) in [5.74, 6) is -0.0953. The third kappa shape index (κ3) is 3.47. The summed E-state index contributed by atoms with van der Waals surface area (Å²) in [4.78, 5) is 0. The van der Waals surface area contributed by atoms with Gasteiger partial charge in [-0.1, -0.05) is 20.8 Å². The minimum Gasteiger partial charge on any atom is -0.412 e. The van der Waals surface area contributed by atoms with Crippen molar-refractivity contribution in [2.45, 2.75) is 82.1 Å². The van der Waals surface area contributed by atoms with Gasteiger partial charge in [0.2, 0.25) is 0 Å². The number of hydrogen-bond donors (Lipinski definition) is 6. The summed E-state index contributed by atoms with van der Waals surface area (Å²) in [6.07, 6.45) is -6.49. The molecule has 2 saturated heterocycles. The quantitative estimate of drug-likeness (QED) is 0.270. The van der Waals surface area contributed by atoms with Gasteiger partial charge in [-0.3, -0.25) is 0 Å². The zero-order valence-corrected chi connectivity index (χ0v) is 18.3. The van der Waals surface area contributed by atoms with Crippen molar-refractivity contribution in [2.75, 3.05) is 19.8 Å². The van der Waals surface area contributed by atoms with Gasteiger partial charge >= 0.3 is 0 Å². The molecule has 0 aromatic rings. The molecule has 2 aliphatic heterocycles. The summed E-state index contributed by atoms with van der Waals surface area (Å²) in [5.41, 5.74) is -1.59. The van der Waals surface area contributed by atoms with Crippen LogP contribution in [-0.4, -0.2) is 104 Å². The van der Waals surface area contributed by atoms with E-state index in [0.29, 0.717) is 6.61 Å². The van der Waals surface area contributed by atoms with E-state index in [1.165, 1.54) is 0 Å². The van der Waals surface area contributed by atoms with E-state index in [2.05, 4.69) is 0 Å². The van der Waals surface area contributed by atoms with Crippen molar-refractivity contribution in [1.82, 2.24) is 0 Å². The Morgan fingerprint density at radius 1 is 1.03 bits per heavy atom. The summed E-state index contributed by atoms with van der Waals surface area (Å²) in [6.45, 7) is 6.02. The molecule has 2 bridgehead atoms. The molecule has 10 heteroatoms. The van der Waals surface area contributed by atoms with Gasteiger partial charge in [-0.15, -0.1) is 0 Å². The van der Waals surface area contributed by atoms with E-state index in [-0.39, 0.29) is 35.8 Å². The first-order valence-electron chi connectivity index (χ1n) is 11.0. The topological polar surface area (TPSA) is 181 Å². The molecule has 4 aliphatic rings. The monoisotopic (exact) mass is 450 g/mol. The molecule has 8 unspecified atom stereocenters. The van der Waals surface area contributed by atoms with Crippen LogP contribution in [0.1, 0.15) is 33.6 Å². The molecule has 31 heavy (non-hydrogen) atoms. The van der Waals surface area contributed by atoms with E-state index in [0.717, 1.165) is 12.8 Å². The highest BCUT2D eigenvalue weighted by molar-refractivity contribution is 5.19. The minimum absolute atomic E-state index is 0. The molecular formula is C21H38O10. The summed E-state index contributed by atoms with van der Waals surface area (Å²) in [7, 11) is 0. The molecule has 4 rings (SSSR count). The maximum atomic E-state index is 11.4. The summed E-state index contributed by atoms with van der Waals surface area (Å²) in [5, 5.41) is 62.2. The van der Waals surface area contributed by atoms with Crippen LogP contribution in [0.5, 0.6) is 0 Å². The van der Waals surface area contributed by atoms with Gasteiger partial charge in [0, 0.05) is 11.3 Å². The maximum absolute atomic E-state index is 11.4. The van der Waals surface area contributed by atoms with Gasteiger partial charge in [-0.05, 0) is 30.6 Å². The van der Waals surface area contributed by atoms with Crippen LogP contribution in [0.15, 0.2) is 0 Å². The van der Waals surface area contributed by atoms with Crippen LogP contribution in [-0.2, 0) is 14.2 Å². The molecule has 2 saturated carbocycles. The molecule has 182 valence electrons. The second kappa shape index (κ2) is 8.75. The van der Waals surface area contributed by atoms with Crippen molar-refractivity contribution < 1.29 is 50.3 Å². The van der Waals surface area contributed by atoms with Crippen LogP contribution in [0.3, 0.4) is 0 Å². The Bertz CT molecular complexity index is 631. The summed E-state index contributed by atoms with van der Waals surface area (Å²) >= 11 is 0. The average molecular weight is 451 g/mol.